The Labute approximate surface area is 144 Å². The molecule has 0 aliphatic heterocycles. The SMILES string of the molecule is COc1cccc(C(O)CCCCCCCCCC(=O)O)c1OC. The first-order valence-electron chi connectivity index (χ1n) is 8.71. The minimum Gasteiger partial charge on any atom is -0.493 e. The number of carboxylic acids is 1. The molecule has 2 N–H and O–H groups in total. The van der Waals surface area contributed by atoms with Gasteiger partial charge in [-0.15, -0.1) is 0 Å². The molecule has 0 spiro atoms. The summed E-state index contributed by atoms with van der Waals surface area (Å²) in [4.78, 5) is 10.4. The third-order valence-electron chi connectivity index (χ3n) is 4.16. The highest BCUT2D eigenvalue weighted by atomic mass is 16.5. The second-order valence-electron chi connectivity index (χ2n) is 6.01. The van der Waals surface area contributed by atoms with E-state index in [1.165, 1.54) is 0 Å². The van der Waals surface area contributed by atoms with Crippen molar-refractivity contribution in [3.63, 3.8) is 0 Å². The predicted molar refractivity (Wildman–Crippen MR) is 93.7 cm³/mol. The quantitative estimate of drug-likeness (QED) is 0.523. The largest absolute Gasteiger partial charge is 0.493 e. The van der Waals surface area contributed by atoms with Gasteiger partial charge in [0, 0.05) is 12.0 Å². The summed E-state index contributed by atoms with van der Waals surface area (Å²) >= 11 is 0. The van der Waals surface area contributed by atoms with Gasteiger partial charge in [-0.3, -0.25) is 4.79 Å². The van der Waals surface area contributed by atoms with Gasteiger partial charge in [0.2, 0.25) is 0 Å². The van der Waals surface area contributed by atoms with Crippen molar-refractivity contribution in [1.29, 1.82) is 0 Å². The zero-order valence-corrected chi connectivity index (χ0v) is 14.8. The Morgan fingerprint density at radius 3 is 2.21 bits per heavy atom. The number of carbonyl (C=O) groups is 1. The van der Waals surface area contributed by atoms with Gasteiger partial charge >= 0.3 is 5.97 Å². The summed E-state index contributed by atoms with van der Waals surface area (Å²) in [5, 5.41) is 18.9. The van der Waals surface area contributed by atoms with E-state index in [-0.39, 0.29) is 6.42 Å². The molecule has 0 saturated heterocycles. The molecule has 0 aliphatic rings. The zero-order valence-electron chi connectivity index (χ0n) is 14.8. The second-order valence-corrected chi connectivity index (χ2v) is 6.01. The average molecular weight is 338 g/mol. The number of aliphatic carboxylic acids is 1. The number of ether oxygens (including phenoxy) is 2. The number of para-hydroxylation sites is 1. The molecule has 5 heteroatoms. The molecule has 1 rings (SSSR count). The van der Waals surface area contributed by atoms with Gasteiger partial charge in [0.1, 0.15) is 0 Å². The maximum atomic E-state index is 10.4. The van der Waals surface area contributed by atoms with Gasteiger partial charge in [-0.1, -0.05) is 50.7 Å². The fourth-order valence-electron chi connectivity index (χ4n) is 2.83. The van der Waals surface area contributed by atoms with Crippen LogP contribution in [0.15, 0.2) is 18.2 Å². The summed E-state index contributed by atoms with van der Waals surface area (Å²) in [6, 6.07) is 5.55. The van der Waals surface area contributed by atoms with Crippen LogP contribution in [-0.4, -0.2) is 30.4 Å². The van der Waals surface area contributed by atoms with E-state index in [1.54, 1.807) is 14.2 Å². The lowest BCUT2D eigenvalue weighted by Crippen LogP contribution is -2.02. The average Bonchev–Trinajstić information content (AvgIpc) is 2.58. The molecule has 0 aromatic heterocycles. The molecule has 0 heterocycles. The summed E-state index contributed by atoms with van der Waals surface area (Å²) in [5.74, 6) is 0.526. The standard InChI is InChI=1S/C19H30O5/c1-23-17-13-10-11-15(19(17)24-2)16(20)12-8-6-4-3-5-7-9-14-18(21)22/h10-11,13,16,20H,3-9,12,14H2,1-2H3,(H,21,22). The number of carboxylic acid groups (broad SMARTS) is 1. The van der Waals surface area contributed by atoms with E-state index in [0.717, 1.165) is 50.5 Å². The molecule has 0 saturated carbocycles. The molecule has 0 fully saturated rings. The highest BCUT2D eigenvalue weighted by molar-refractivity contribution is 5.66. The van der Waals surface area contributed by atoms with Crippen LogP contribution in [0.4, 0.5) is 0 Å². The van der Waals surface area contributed by atoms with Gasteiger partial charge in [0.15, 0.2) is 11.5 Å². The molecule has 0 radical (unpaired) electrons. The zero-order chi connectivity index (χ0) is 17.8. The fraction of sp³-hybridized carbons (Fsp3) is 0.632. The normalized spacial score (nSPS) is 12.0. The topological polar surface area (TPSA) is 76.0 Å². The minimum atomic E-state index is -0.711. The van der Waals surface area contributed by atoms with E-state index in [0.29, 0.717) is 17.9 Å². The number of benzene rings is 1. The van der Waals surface area contributed by atoms with Crippen molar-refractivity contribution in [3.05, 3.63) is 23.8 Å². The van der Waals surface area contributed by atoms with Crippen molar-refractivity contribution in [2.75, 3.05) is 14.2 Å². The smallest absolute Gasteiger partial charge is 0.303 e. The van der Waals surface area contributed by atoms with E-state index < -0.39 is 12.1 Å². The summed E-state index contributed by atoms with van der Waals surface area (Å²) in [6.45, 7) is 0. The van der Waals surface area contributed by atoms with Crippen molar-refractivity contribution >= 4 is 5.97 Å². The molecule has 0 aliphatic carbocycles. The third-order valence-corrected chi connectivity index (χ3v) is 4.16. The summed E-state index contributed by atoms with van der Waals surface area (Å²) in [6.07, 6.45) is 7.52. The number of rotatable bonds is 13. The lowest BCUT2D eigenvalue weighted by atomic mass is 10.0. The maximum Gasteiger partial charge on any atom is 0.303 e. The van der Waals surface area contributed by atoms with E-state index in [4.69, 9.17) is 14.6 Å². The van der Waals surface area contributed by atoms with Crippen LogP contribution < -0.4 is 9.47 Å². The number of methoxy groups -OCH3 is 2. The Kier molecular flexibility index (Phi) is 9.92. The molecule has 5 nitrogen and oxygen atoms in total. The lowest BCUT2D eigenvalue weighted by molar-refractivity contribution is -0.137. The second kappa shape index (κ2) is 11.7. The number of aliphatic hydroxyl groups is 1. The molecule has 1 aromatic carbocycles. The molecule has 136 valence electrons. The highest BCUT2D eigenvalue weighted by Crippen LogP contribution is 2.36. The molecule has 24 heavy (non-hydrogen) atoms. The first kappa shape index (κ1) is 20.3. The van der Waals surface area contributed by atoms with Gasteiger partial charge in [0.05, 0.1) is 20.3 Å². The number of hydrogen-bond acceptors (Lipinski definition) is 4. The van der Waals surface area contributed by atoms with Gasteiger partial charge < -0.3 is 19.7 Å². The monoisotopic (exact) mass is 338 g/mol. The van der Waals surface area contributed by atoms with Crippen molar-refractivity contribution in [1.82, 2.24) is 0 Å². The van der Waals surface area contributed by atoms with Crippen LogP contribution in [0.1, 0.15) is 69.5 Å². The van der Waals surface area contributed by atoms with E-state index in [1.807, 2.05) is 18.2 Å². The van der Waals surface area contributed by atoms with Crippen molar-refractivity contribution in [2.24, 2.45) is 0 Å². The van der Waals surface area contributed by atoms with Crippen LogP contribution in [0.3, 0.4) is 0 Å². The van der Waals surface area contributed by atoms with Gasteiger partial charge in [-0.25, -0.2) is 0 Å². The summed E-state index contributed by atoms with van der Waals surface area (Å²) in [7, 11) is 3.17. The minimum absolute atomic E-state index is 0.272. The lowest BCUT2D eigenvalue weighted by Gasteiger charge is -2.17. The molecule has 1 aromatic rings. The number of aliphatic hydroxyl groups excluding tert-OH is 1. The predicted octanol–water partition coefficient (Wildman–Crippen LogP) is 4.33. The number of hydrogen-bond donors (Lipinski definition) is 2. The molecular formula is C19H30O5. The van der Waals surface area contributed by atoms with Crippen molar-refractivity contribution < 1.29 is 24.5 Å². The maximum absolute atomic E-state index is 10.4. The molecule has 0 amide bonds. The van der Waals surface area contributed by atoms with Crippen LogP contribution in [-0.2, 0) is 4.79 Å². The first-order chi connectivity index (χ1) is 11.6. The van der Waals surface area contributed by atoms with Crippen LogP contribution >= 0.6 is 0 Å². The molecule has 0 bridgehead atoms. The molecule has 1 atom stereocenters. The summed E-state index contributed by atoms with van der Waals surface area (Å²) in [5.41, 5.74) is 0.769. The third kappa shape index (κ3) is 7.21. The van der Waals surface area contributed by atoms with E-state index in [9.17, 15) is 9.90 Å². The van der Waals surface area contributed by atoms with E-state index >= 15 is 0 Å². The Balaban J connectivity index is 2.23. The van der Waals surface area contributed by atoms with Gasteiger partial charge in [-0.2, -0.15) is 0 Å². The van der Waals surface area contributed by atoms with Crippen molar-refractivity contribution in [3.8, 4) is 11.5 Å². The number of unbranched alkanes of at least 4 members (excludes halogenated alkanes) is 6. The summed E-state index contributed by atoms with van der Waals surface area (Å²) < 4.78 is 10.6. The Hall–Kier alpha value is -1.75. The Morgan fingerprint density at radius 1 is 1.00 bits per heavy atom. The fourth-order valence-corrected chi connectivity index (χ4v) is 2.83. The van der Waals surface area contributed by atoms with Gasteiger partial charge in [-0.05, 0) is 18.9 Å². The van der Waals surface area contributed by atoms with Crippen molar-refractivity contribution in [2.45, 2.75) is 63.9 Å². The van der Waals surface area contributed by atoms with Crippen LogP contribution in [0.25, 0.3) is 0 Å². The van der Waals surface area contributed by atoms with Crippen LogP contribution in [0.5, 0.6) is 11.5 Å². The Bertz CT molecular complexity index is 487. The van der Waals surface area contributed by atoms with Crippen LogP contribution in [0.2, 0.25) is 0 Å². The molecule has 1 unspecified atom stereocenters. The Morgan fingerprint density at radius 2 is 1.62 bits per heavy atom. The first-order valence-corrected chi connectivity index (χ1v) is 8.71. The van der Waals surface area contributed by atoms with Crippen LogP contribution in [0, 0.1) is 0 Å². The van der Waals surface area contributed by atoms with Gasteiger partial charge in [0.25, 0.3) is 0 Å². The molecular weight excluding hydrogens is 308 g/mol. The van der Waals surface area contributed by atoms with E-state index in [2.05, 4.69) is 0 Å². The highest BCUT2D eigenvalue weighted by Gasteiger charge is 2.16.